The van der Waals surface area contributed by atoms with Gasteiger partial charge >= 0.3 is 0 Å². The zero-order valence-electron chi connectivity index (χ0n) is 10.0. The summed E-state index contributed by atoms with van der Waals surface area (Å²) in [5, 5.41) is 0. The van der Waals surface area contributed by atoms with E-state index in [2.05, 4.69) is 36.4 Å². The minimum atomic E-state index is 0.918. The van der Waals surface area contributed by atoms with Crippen molar-refractivity contribution < 1.29 is 4.74 Å². The van der Waals surface area contributed by atoms with Crippen molar-refractivity contribution in [3.05, 3.63) is 65.3 Å². The molecule has 0 fully saturated rings. The molecule has 1 aliphatic heterocycles. The molecule has 3 rings (SSSR count). The van der Waals surface area contributed by atoms with E-state index in [1.807, 2.05) is 30.0 Å². The van der Waals surface area contributed by atoms with E-state index in [-0.39, 0.29) is 0 Å². The normalized spacial score (nSPS) is 16.8. The largest absolute Gasteiger partial charge is 0.464 e. The van der Waals surface area contributed by atoms with Crippen molar-refractivity contribution in [3.8, 4) is 5.75 Å². The lowest BCUT2D eigenvalue weighted by molar-refractivity contribution is 0.481. The van der Waals surface area contributed by atoms with Crippen molar-refractivity contribution in [2.24, 2.45) is 0 Å². The van der Waals surface area contributed by atoms with E-state index in [0.717, 1.165) is 24.2 Å². The van der Waals surface area contributed by atoms with Gasteiger partial charge < -0.3 is 4.74 Å². The molecule has 1 heterocycles. The van der Waals surface area contributed by atoms with Gasteiger partial charge in [-0.15, -0.1) is 0 Å². The molecule has 0 saturated carbocycles. The Labute approximate surface area is 112 Å². The molecule has 1 aliphatic carbocycles. The first kappa shape index (κ1) is 11.4. The van der Waals surface area contributed by atoms with E-state index in [0.29, 0.717) is 0 Å². The van der Waals surface area contributed by atoms with Crippen LogP contribution >= 0.6 is 11.8 Å². The summed E-state index contributed by atoms with van der Waals surface area (Å²) >= 11 is 1.84. The van der Waals surface area contributed by atoms with Crippen molar-refractivity contribution in [1.82, 2.24) is 0 Å². The van der Waals surface area contributed by atoms with Crippen LogP contribution in [0.2, 0.25) is 0 Å². The topological polar surface area (TPSA) is 9.23 Å². The highest BCUT2D eigenvalue weighted by Gasteiger charge is 2.07. The van der Waals surface area contributed by atoms with E-state index in [1.165, 1.54) is 9.80 Å². The fourth-order valence-electron chi connectivity index (χ4n) is 1.96. The number of fused-ring (bicyclic) bond motifs is 1. The van der Waals surface area contributed by atoms with Gasteiger partial charge in [-0.2, -0.15) is 0 Å². The molecule has 0 unspecified atom stereocenters. The smallest absolute Gasteiger partial charge is 0.133 e. The van der Waals surface area contributed by atoms with Crippen LogP contribution in [0.1, 0.15) is 18.4 Å². The van der Waals surface area contributed by atoms with Gasteiger partial charge in [0.25, 0.3) is 0 Å². The standard InChI is InChI=1S/C16H14OS/c1-2-7-14(8-3-1)18-15-9-10-16-13(12-15)6-4-5-11-17-16/h1-2,4-7,9-12H,3,8H2. The van der Waals surface area contributed by atoms with Crippen LogP contribution in [0.5, 0.6) is 5.75 Å². The van der Waals surface area contributed by atoms with E-state index < -0.39 is 0 Å². The Kier molecular flexibility index (Phi) is 3.37. The SMILES string of the molecule is C1=CCCC(Sc2ccc3c(c2)C=CC=CO3)=C1. The maximum absolute atomic E-state index is 5.52. The number of hydrogen-bond donors (Lipinski definition) is 0. The Morgan fingerprint density at radius 2 is 2.11 bits per heavy atom. The van der Waals surface area contributed by atoms with E-state index in [1.54, 1.807) is 6.26 Å². The Hall–Kier alpha value is -1.67. The first-order valence-corrected chi connectivity index (χ1v) is 6.91. The van der Waals surface area contributed by atoms with Gasteiger partial charge in [-0.3, -0.25) is 0 Å². The lowest BCUT2D eigenvalue weighted by Crippen LogP contribution is -1.86. The van der Waals surface area contributed by atoms with Crippen molar-refractivity contribution >= 4 is 17.8 Å². The third-order valence-electron chi connectivity index (χ3n) is 2.87. The molecule has 2 heteroatoms. The van der Waals surface area contributed by atoms with Gasteiger partial charge in [0.15, 0.2) is 0 Å². The van der Waals surface area contributed by atoms with Crippen LogP contribution in [0.15, 0.2) is 64.6 Å². The van der Waals surface area contributed by atoms with Crippen molar-refractivity contribution in [1.29, 1.82) is 0 Å². The molecular formula is C16H14OS. The van der Waals surface area contributed by atoms with Crippen LogP contribution in [0.4, 0.5) is 0 Å². The molecule has 0 N–H and O–H groups in total. The van der Waals surface area contributed by atoms with E-state index in [9.17, 15) is 0 Å². The molecule has 2 aliphatic rings. The Morgan fingerprint density at radius 3 is 3.00 bits per heavy atom. The van der Waals surface area contributed by atoms with Gasteiger partial charge in [-0.05, 0) is 42.0 Å². The maximum Gasteiger partial charge on any atom is 0.133 e. The Bertz CT molecular complexity index is 564. The molecule has 0 bridgehead atoms. The molecule has 0 atom stereocenters. The number of ether oxygens (including phenoxy) is 1. The summed E-state index contributed by atoms with van der Waals surface area (Å²) in [5.41, 5.74) is 1.14. The zero-order chi connectivity index (χ0) is 12.2. The van der Waals surface area contributed by atoms with Gasteiger partial charge in [0.1, 0.15) is 5.75 Å². The third kappa shape index (κ3) is 2.59. The monoisotopic (exact) mass is 254 g/mol. The molecule has 1 aromatic rings. The summed E-state index contributed by atoms with van der Waals surface area (Å²) in [6.07, 6.45) is 16.5. The van der Waals surface area contributed by atoms with Gasteiger partial charge in [-0.25, -0.2) is 0 Å². The predicted molar refractivity (Wildman–Crippen MR) is 77.6 cm³/mol. The van der Waals surface area contributed by atoms with Gasteiger partial charge in [0.05, 0.1) is 6.26 Å². The number of allylic oxidation sites excluding steroid dienone is 6. The first-order valence-electron chi connectivity index (χ1n) is 6.09. The van der Waals surface area contributed by atoms with Crippen molar-refractivity contribution in [2.75, 3.05) is 0 Å². The highest BCUT2D eigenvalue weighted by Crippen LogP contribution is 2.35. The van der Waals surface area contributed by atoms with Gasteiger partial charge in [0.2, 0.25) is 0 Å². The first-order chi connectivity index (χ1) is 8.92. The van der Waals surface area contributed by atoms with Crippen molar-refractivity contribution in [3.63, 3.8) is 0 Å². The quantitative estimate of drug-likeness (QED) is 0.740. The molecule has 0 radical (unpaired) electrons. The summed E-state index contributed by atoms with van der Waals surface area (Å²) in [7, 11) is 0. The lowest BCUT2D eigenvalue weighted by Gasteiger charge is -2.10. The number of hydrogen-bond acceptors (Lipinski definition) is 2. The highest BCUT2D eigenvalue weighted by atomic mass is 32.2. The molecule has 18 heavy (non-hydrogen) atoms. The summed E-state index contributed by atoms with van der Waals surface area (Å²) < 4.78 is 5.52. The second-order valence-electron chi connectivity index (χ2n) is 4.21. The minimum Gasteiger partial charge on any atom is -0.464 e. The highest BCUT2D eigenvalue weighted by molar-refractivity contribution is 8.03. The summed E-state index contributed by atoms with van der Waals surface area (Å²) in [5.74, 6) is 0.918. The van der Waals surface area contributed by atoms with Crippen LogP contribution in [-0.2, 0) is 0 Å². The minimum absolute atomic E-state index is 0.918. The molecular weight excluding hydrogens is 240 g/mol. The molecule has 1 aromatic carbocycles. The summed E-state index contributed by atoms with van der Waals surface area (Å²) in [6.45, 7) is 0. The molecule has 0 aromatic heterocycles. The molecule has 0 saturated heterocycles. The van der Waals surface area contributed by atoms with Gasteiger partial charge in [0, 0.05) is 10.5 Å². The summed E-state index contributed by atoms with van der Waals surface area (Å²) in [4.78, 5) is 2.69. The van der Waals surface area contributed by atoms with E-state index in [4.69, 9.17) is 4.74 Å². The maximum atomic E-state index is 5.52. The zero-order valence-corrected chi connectivity index (χ0v) is 10.8. The van der Waals surface area contributed by atoms with Crippen LogP contribution in [-0.4, -0.2) is 0 Å². The van der Waals surface area contributed by atoms with Crippen LogP contribution < -0.4 is 4.74 Å². The molecule has 0 amide bonds. The fourth-order valence-corrected chi connectivity index (χ4v) is 2.95. The van der Waals surface area contributed by atoms with E-state index >= 15 is 0 Å². The van der Waals surface area contributed by atoms with Crippen LogP contribution in [0, 0.1) is 0 Å². The van der Waals surface area contributed by atoms with Crippen LogP contribution in [0.25, 0.3) is 6.08 Å². The molecule has 1 nitrogen and oxygen atoms in total. The Balaban J connectivity index is 1.84. The average Bonchev–Trinajstić information content (AvgIpc) is 2.64. The second kappa shape index (κ2) is 5.32. The third-order valence-corrected chi connectivity index (χ3v) is 3.96. The summed E-state index contributed by atoms with van der Waals surface area (Å²) in [6, 6.07) is 6.34. The van der Waals surface area contributed by atoms with Gasteiger partial charge in [-0.1, -0.05) is 42.1 Å². The van der Waals surface area contributed by atoms with Crippen molar-refractivity contribution in [2.45, 2.75) is 17.7 Å². The number of benzene rings is 1. The second-order valence-corrected chi connectivity index (χ2v) is 5.41. The average molecular weight is 254 g/mol. The molecule has 0 spiro atoms. The number of rotatable bonds is 2. The van der Waals surface area contributed by atoms with Crippen LogP contribution in [0.3, 0.4) is 0 Å². The molecule has 90 valence electrons. The Morgan fingerprint density at radius 1 is 1.11 bits per heavy atom. The number of thioether (sulfide) groups is 1. The fraction of sp³-hybridized carbons (Fsp3) is 0.125. The predicted octanol–water partition coefficient (Wildman–Crippen LogP) is 4.93. The lowest BCUT2D eigenvalue weighted by atomic mass is 10.2.